The molecule has 0 bridgehead atoms. The van der Waals surface area contributed by atoms with Gasteiger partial charge in [0.2, 0.25) is 0 Å². The molecule has 0 saturated carbocycles. The summed E-state index contributed by atoms with van der Waals surface area (Å²) < 4.78 is 44.6. The number of carbonyl (C=O) groups is 1. The van der Waals surface area contributed by atoms with Crippen LogP contribution in [0.15, 0.2) is 22.0 Å². The third-order valence-corrected chi connectivity index (χ3v) is 7.52. The highest BCUT2D eigenvalue weighted by molar-refractivity contribution is 9.10. The number of nitrogens with zero attached hydrogens (tertiary/aromatic N) is 5. The highest BCUT2D eigenvalue weighted by atomic mass is 79.9. The fourth-order valence-electron chi connectivity index (χ4n) is 3.94. The van der Waals surface area contributed by atoms with Crippen LogP contribution in [0.1, 0.15) is 50.8 Å². The molecular formula is C20H22BrF3N6OS. The molecule has 0 radical (unpaired) electrons. The maximum atomic E-state index is 13.9. The number of carbonyl (C=O) groups excluding carboxylic acids is 1. The van der Waals surface area contributed by atoms with Gasteiger partial charge < -0.3 is 10.2 Å². The SMILES string of the molecule is Cc1nn(C)c(C)c1CN(C)C(=O)c1nn2c(c1Br)N[C@H](c1cccs1)C[C@H]2C(F)(F)F. The molecule has 0 spiro atoms. The molecule has 3 aromatic heterocycles. The molecule has 1 amide bonds. The van der Waals surface area contributed by atoms with Crippen molar-refractivity contribution in [3.8, 4) is 0 Å². The number of rotatable bonds is 4. The quantitative estimate of drug-likeness (QED) is 0.515. The van der Waals surface area contributed by atoms with E-state index in [1.165, 1.54) is 16.2 Å². The number of aromatic nitrogens is 4. The van der Waals surface area contributed by atoms with Crippen molar-refractivity contribution >= 4 is 39.0 Å². The molecule has 0 aliphatic carbocycles. The largest absolute Gasteiger partial charge is 0.410 e. The Balaban J connectivity index is 1.67. The van der Waals surface area contributed by atoms with Crippen LogP contribution in [0.2, 0.25) is 0 Å². The van der Waals surface area contributed by atoms with Gasteiger partial charge in [0.1, 0.15) is 5.82 Å². The lowest BCUT2D eigenvalue weighted by molar-refractivity contribution is -0.173. The second kappa shape index (κ2) is 8.22. The minimum Gasteiger partial charge on any atom is -0.362 e. The molecule has 2 atom stereocenters. The summed E-state index contributed by atoms with van der Waals surface area (Å²) in [6.45, 7) is 4.03. The molecule has 0 unspecified atom stereocenters. The summed E-state index contributed by atoms with van der Waals surface area (Å²) in [6.07, 6.45) is -4.71. The van der Waals surface area contributed by atoms with E-state index in [2.05, 4.69) is 31.4 Å². The summed E-state index contributed by atoms with van der Waals surface area (Å²) in [6, 6.07) is 1.24. The topological polar surface area (TPSA) is 68.0 Å². The molecule has 12 heteroatoms. The number of hydrogen-bond acceptors (Lipinski definition) is 5. The third-order valence-electron chi connectivity index (χ3n) is 5.79. The van der Waals surface area contributed by atoms with Gasteiger partial charge in [-0.2, -0.15) is 23.4 Å². The van der Waals surface area contributed by atoms with Gasteiger partial charge in [0.25, 0.3) is 5.91 Å². The Kier molecular flexibility index (Phi) is 5.86. The maximum absolute atomic E-state index is 13.9. The van der Waals surface area contributed by atoms with Crippen molar-refractivity contribution in [3.05, 3.63) is 49.5 Å². The van der Waals surface area contributed by atoms with Gasteiger partial charge in [-0.15, -0.1) is 11.3 Å². The molecule has 1 aliphatic heterocycles. The molecule has 172 valence electrons. The zero-order chi connectivity index (χ0) is 23.4. The Labute approximate surface area is 195 Å². The Morgan fingerprint density at radius 1 is 1.38 bits per heavy atom. The van der Waals surface area contributed by atoms with E-state index >= 15 is 0 Å². The van der Waals surface area contributed by atoms with E-state index in [0.717, 1.165) is 26.5 Å². The Morgan fingerprint density at radius 3 is 2.66 bits per heavy atom. The van der Waals surface area contributed by atoms with Crippen molar-refractivity contribution in [2.45, 2.75) is 45.1 Å². The van der Waals surface area contributed by atoms with Crippen LogP contribution in [0.25, 0.3) is 0 Å². The van der Waals surface area contributed by atoms with Crippen molar-refractivity contribution in [2.24, 2.45) is 7.05 Å². The summed E-state index contributed by atoms with van der Waals surface area (Å²) in [7, 11) is 3.42. The minimum atomic E-state index is -4.51. The van der Waals surface area contributed by atoms with Gasteiger partial charge in [0.15, 0.2) is 11.7 Å². The van der Waals surface area contributed by atoms with Crippen LogP contribution in [0, 0.1) is 13.8 Å². The zero-order valence-electron chi connectivity index (χ0n) is 17.9. The molecule has 1 N–H and O–H groups in total. The molecule has 3 aromatic rings. The van der Waals surface area contributed by atoms with E-state index in [0.29, 0.717) is 0 Å². The predicted octanol–water partition coefficient (Wildman–Crippen LogP) is 4.99. The molecular weight excluding hydrogens is 509 g/mol. The smallest absolute Gasteiger partial charge is 0.362 e. The predicted molar refractivity (Wildman–Crippen MR) is 119 cm³/mol. The van der Waals surface area contributed by atoms with Gasteiger partial charge in [0.05, 0.1) is 16.2 Å². The zero-order valence-corrected chi connectivity index (χ0v) is 20.3. The normalized spacial score (nSPS) is 18.4. The highest BCUT2D eigenvalue weighted by Gasteiger charge is 2.48. The van der Waals surface area contributed by atoms with E-state index in [1.807, 2.05) is 26.3 Å². The van der Waals surface area contributed by atoms with Crippen LogP contribution < -0.4 is 5.32 Å². The number of thiophene rings is 1. The van der Waals surface area contributed by atoms with Gasteiger partial charge in [0, 0.05) is 43.2 Å². The van der Waals surface area contributed by atoms with Gasteiger partial charge in [-0.05, 0) is 41.2 Å². The van der Waals surface area contributed by atoms with Crippen molar-refractivity contribution in [3.63, 3.8) is 0 Å². The number of aryl methyl sites for hydroxylation is 2. The van der Waals surface area contributed by atoms with E-state index in [1.54, 1.807) is 23.9 Å². The van der Waals surface area contributed by atoms with Crippen LogP contribution in [0.4, 0.5) is 19.0 Å². The first kappa shape index (κ1) is 22.8. The lowest BCUT2D eigenvalue weighted by Gasteiger charge is -2.33. The van der Waals surface area contributed by atoms with Crippen molar-refractivity contribution in [2.75, 3.05) is 12.4 Å². The number of halogens is 4. The first-order chi connectivity index (χ1) is 15.0. The third kappa shape index (κ3) is 3.94. The highest BCUT2D eigenvalue weighted by Crippen LogP contribution is 2.47. The molecule has 4 rings (SSSR count). The summed E-state index contributed by atoms with van der Waals surface area (Å²) in [5.41, 5.74) is 2.55. The first-order valence-electron chi connectivity index (χ1n) is 9.88. The molecule has 1 aliphatic rings. The average molecular weight is 531 g/mol. The number of fused-ring (bicyclic) bond motifs is 1. The van der Waals surface area contributed by atoms with Gasteiger partial charge in [-0.25, -0.2) is 4.68 Å². The fourth-order valence-corrected chi connectivity index (χ4v) is 5.27. The molecule has 4 heterocycles. The number of anilines is 1. The van der Waals surface area contributed by atoms with Gasteiger partial charge in [-0.1, -0.05) is 6.07 Å². The summed E-state index contributed by atoms with van der Waals surface area (Å²) >= 11 is 4.72. The van der Waals surface area contributed by atoms with Crippen molar-refractivity contribution < 1.29 is 18.0 Å². The average Bonchev–Trinajstić information content (AvgIpc) is 3.42. The fraction of sp³-hybridized carbons (Fsp3) is 0.450. The monoisotopic (exact) mass is 530 g/mol. The van der Waals surface area contributed by atoms with E-state index in [9.17, 15) is 18.0 Å². The number of amides is 1. The van der Waals surface area contributed by atoms with Crippen LogP contribution in [-0.2, 0) is 13.6 Å². The molecule has 0 aromatic carbocycles. The summed E-state index contributed by atoms with van der Waals surface area (Å²) in [5, 5.41) is 13.4. The number of nitrogens with one attached hydrogen (secondary N) is 1. The van der Waals surface area contributed by atoms with Crippen LogP contribution in [0.3, 0.4) is 0 Å². The standard InChI is InChI=1S/C20H22BrF3N6OS/c1-10-12(11(2)29(4)26-10)9-28(3)19(31)17-16(21)18-25-13(14-6-5-7-32-14)8-15(20(22,23)24)30(18)27-17/h5-7,13,15,25H,8-9H2,1-4H3/t13-,15-/m0/s1. The second-order valence-electron chi connectivity index (χ2n) is 7.90. The number of hydrogen-bond donors (Lipinski definition) is 1. The lowest BCUT2D eigenvalue weighted by atomic mass is 10.0. The van der Waals surface area contributed by atoms with Gasteiger partial charge >= 0.3 is 6.18 Å². The summed E-state index contributed by atoms with van der Waals surface area (Å²) in [4.78, 5) is 15.4. The molecule has 7 nitrogen and oxygen atoms in total. The van der Waals surface area contributed by atoms with Crippen LogP contribution in [0.5, 0.6) is 0 Å². The number of alkyl halides is 3. The molecule has 32 heavy (non-hydrogen) atoms. The lowest BCUT2D eigenvalue weighted by Crippen LogP contribution is -2.35. The minimum absolute atomic E-state index is 0.0599. The molecule has 0 saturated heterocycles. The Hall–Kier alpha value is -2.34. The van der Waals surface area contributed by atoms with Crippen LogP contribution >= 0.6 is 27.3 Å². The Morgan fingerprint density at radius 2 is 2.09 bits per heavy atom. The van der Waals surface area contributed by atoms with Crippen LogP contribution in [-0.4, -0.2) is 43.6 Å². The van der Waals surface area contributed by atoms with Crippen molar-refractivity contribution in [1.29, 1.82) is 0 Å². The second-order valence-corrected chi connectivity index (χ2v) is 9.67. The Bertz CT molecular complexity index is 1150. The van der Waals surface area contributed by atoms with E-state index in [4.69, 9.17) is 0 Å². The maximum Gasteiger partial charge on any atom is 0.410 e. The van der Waals surface area contributed by atoms with Gasteiger partial charge in [-0.3, -0.25) is 9.48 Å². The summed E-state index contributed by atoms with van der Waals surface area (Å²) in [5.74, 6) is -0.320. The molecule has 0 fully saturated rings. The van der Waals surface area contributed by atoms with E-state index < -0.39 is 24.2 Å². The first-order valence-corrected chi connectivity index (χ1v) is 11.6. The van der Waals surface area contributed by atoms with E-state index in [-0.39, 0.29) is 29.0 Å². The van der Waals surface area contributed by atoms with Crippen molar-refractivity contribution in [1.82, 2.24) is 24.5 Å².